The maximum atomic E-state index is 12.3. The van der Waals surface area contributed by atoms with E-state index in [1.807, 2.05) is 29.2 Å². The van der Waals surface area contributed by atoms with Crippen LogP contribution in [-0.4, -0.2) is 61.5 Å². The van der Waals surface area contributed by atoms with Crippen LogP contribution < -0.4 is 4.90 Å². The molecule has 0 N–H and O–H groups in total. The Labute approximate surface area is 138 Å². The molecule has 2 fully saturated rings. The van der Waals surface area contributed by atoms with Gasteiger partial charge in [0, 0.05) is 39.3 Å². The molecule has 23 heavy (non-hydrogen) atoms. The predicted molar refractivity (Wildman–Crippen MR) is 90.2 cm³/mol. The van der Waals surface area contributed by atoms with Crippen LogP contribution in [0.15, 0.2) is 24.3 Å². The Morgan fingerprint density at radius 3 is 2.39 bits per heavy atom. The average molecular weight is 312 g/mol. The molecule has 0 unspecified atom stereocenters. The highest BCUT2D eigenvalue weighted by Gasteiger charge is 2.23. The molecule has 1 aromatic carbocycles. The fraction of sp³-hybridized carbons (Fsp3) is 0.556. The van der Waals surface area contributed by atoms with Crippen LogP contribution in [0.2, 0.25) is 0 Å². The number of nitrogens with zero attached hydrogens (tertiary/aromatic N) is 4. The van der Waals surface area contributed by atoms with Crippen LogP contribution in [0.1, 0.15) is 24.8 Å². The number of nitriles is 1. The fourth-order valence-electron chi connectivity index (χ4n) is 3.43. The molecule has 2 heterocycles. The number of anilines is 1. The van der Waals surface area contributed by atoms with Gasteiger partial charge >= 0.3 is 0 Å². The minimum Gasteiger partial charge on any atom is -0.368 e. The monoisotopic (exact) mass is 312 g/mol. The number of piperazine rings is 1. The van der Waals surface area contributed by atoms with Crippen molar-refractivity contribution in [3.8, 4) is 6.07 Å². The number of rotatable bonds is 3. The summed E-state index contributed by atoms with van der Waals surface area (Å²) in [6.45, 7) is 5.87. The fourth-order valence-corrected chi connectivity index (χ4v) is 3.43. The van der Waals surface area contributed by atoms with Crippen molar-refractivity contribution in [1.29, 1.82) is 5.26 Å². The van der Waals surface area contributed by atoms with Crippen molar-refractivity contribution in [3.63, 3.8) is 0 Å². The van der Waals surface area contributed by atoms with Crippen molar-refractivity contribution in [3.05, 3.63) is 29.8 Å². The Morgan fingerprint density at radius 1 is 1.00 bits per heavy atom. The van der Waals surface area contributed by atoms with E-state index in [4.69, 9.17) is 0 Å². The van der Waals surface area contributed by atoms with E-state index in [9.17, 15) is 10.1 Å². The molecule has 1 aromatic rings. The number of hydrogen-bond donors (Lipinski definition) is 0. The summed E-state index contributed by atoms with van der Waals surface area (Å²) in [7, 11) is 0. The van der Waals surface area contributed by atoms with Crippen molar-refractivity contribution < 1.29 is 4.79 Å². The number of likely N-dealkylation sites (tertiary alicyclic amines) is 1. The van der Waals surface area contributed by atoms with E-state index < -0.39 is 0 Å². The van der Waals surface area contributed by atoms with Crippen LogP contribution in [0.25, 0.3) is 0 Å². The van der Waals surface area contributed by atoms with Gasteiger partial charge in [-0.25, -0.2) is 0 Å². The van der Waals surface area contributed by atoms with Crippen LogP contribution in [0.4, 0.5) is 5.69 Å². The molecular formula is C18H24N4O. The van der Waals surface area contributed by atoms with Gasteiger partial charge in [0.2, 0.25) is 5.91 Å². The Morgan fingerprint density at radius 2 is 1.70 bits per heavy atom. The lowest BCUT2D eigenvalue weighted by atomic mass is 10.1. The molecule has 0 bridgehead atoms. The molecule has 3 rings (SSSR count). The van der Waals surface area contributed by atoms with Gasteiger partial charge in [-0.2, -0.15) is 5.26 Å². The van der Waals surface area contributed by atoms with Gasteiger partial charge in [0.05, 0.1) is 17.8 Å². The second-order valence-electron chi connectivity index (χ2n) is 6.33. The van der Waals surface area contributed by atoms with E-state index in [1.54, 1.807) is 0 Å². The summed E-state index contributed by atoms with van der Waals surface area (Å²) in [5.74, 6) is 0.274. The molecule has 0 aliphatic carbocycles. The average Bonchev–Trinajstić information content (AvgIpc) is 2.63. The van der Waals surface area contributed by atoms with Gasteiger partial charge in [-0.15, -0.1) is 0 Å². The van der Waals surface area contributed by atoms with E-state index in [0.717, 1.165) is 63.4 Å². The molecule has 5 nitrogen and oxygen atoms in total. The number of benzene rings is 1. The predicted octanol–water partition coefficient (Wildman–Crippen LogP) is 1.69. The molecule has 122 valence electrons. The summed E-state index contributed by atoms with van der Waals surface area (Å²) in [5, 5.41) is 9.23. The molecule has 2 aliphatic heterocycles. The zero-order chi connectivity index (χ0) is 16.1. The summed E-state index contributed by atoms with van der Waals surface area (Å²) < 4.78 is 0. The second-order valence-corrected chi connectivity index (χ2v) is 6.33. The second kappa shape index (κ2) is 7.47. The van der Waals surface area contributed by atoms with Gasteiger partial charge in [0.15, 0.2) is 0 Å². The summed E-state index contributed by atoms with van der Waals surface area (Å²) in [6.07, 6.45) is 3.54. The van der Waals surface area contributed by atoms with Gasteiger partial charge < -0.3 is 9.80 Å². The highest BCUT2D eigenvalue weighted by atomic mass is 16.2. The topological polar surface area (TPSA) is 50.6 Å². The maximum Gasteiger partial charge on any atom is 0.236 e. The van der Waals surface area contributed by atoms with Gasteiger partial charge in [-0.05, 0) is 31.4 Å². The number of carbonyl (C=O) groups excluding carboxylic acids is 1. The molecular weight excluding hydrogens is 288 g/mol. The van der Waals surface area contributed by atoms with Crippen molar-refractivity contribution >= 4 is 11.6 Å². The third-order valence-corrected chi connectivity index (χ3v) is 4.81. The van der Waals surface area contributed by atoms with Gasteiger partial charge in [-0.1, -0.05) is 12.1 Å². The van der Waals surface area contributed by atoms with E-state index in [1.165, 1.54) is 6.42 Å². The first-order chi connectivity index (χ1) is 11.3. The molecule has 0 saturated carbocycles. The number of piperidine rings is 1. The lowest BCUT2D eigenvalue weighted by molar-refractivity contribution is -0.133. The number of carbonyl (C=O) groups is 1. The minimum absolute atomic E-state index is 0.274. The van der Waals surface area contributed by atoms with Crippen molar-refractivity contribution in [2.45, 2.75) is 19.3 Å². The molecule has 0 radical (unpaired) electrons. The first-order valence-electron chi connectivity index (χ1n) is 8.52. The Kier molecular flexibility index (Phi) is 5.14. The van der Waals surface area contributed by atoms with Crippen molar-refractivity contribution in [2.24, 2.45) is 0 Å². The Bertz CT molecular complexity index is 581. The molecule has 2 saturated heterocycles. The number of hydrogen-bond acceptors (Lipinski definition) is 4. The van der Waals surface area contributed by atoms with E-state index >= 15 is 0 Å². The van der Waals surface area contributed by atoms with Gasteiger partial charge in [0.1, 0.15) is 6.07 Å². The zero-order valence-electron chi connectivity index (χ0n) is 13.6. The molecule has 0 aromatic heterocycles. The molecule has 0 spiro atoms. The minimum atomic E-state index is 0.274. The lowest BCUT2D eigenvalue weighted by Gasteiger charge is -2.37. The zero-order valence-corrected chi connectivity index (χ0v) is 13.6. The third-order valence-electron chi connectivity index (χ3n) is 4.81. The first-order valence-corrected chi connectivity index (χ1v) is 8.52. The normalized spacial score (nSPS) is 19.4. The molecule has 1 amide bonds. The largest absolute Gasteiger partial charge is 0.368 e. The Hall–Kier alpha value is -2.06. The number of amides is 1. The van der Waals surface area contributed by atoms with Crippen LogP contribution in [0.3, 0.4) is 0 Å². The van der Waals surface area contributed by atoms with Crippen LogP contribution in [0, 0.1) is 11.3 Å². The molecule has 0 atom stereocenters. The quantitative estimate of drug-likeness (QED) is 0.852. The summed E-state index contributed by atoms with van der Waals surface area (Å²) >= 11 is 0. The van der Waals surface area contributed by atoms with E-state index in [-0.39, 0.29) is 5.91 Å². The van der Waals surface area contributed by atoms with Crippen LogP contribution in [0.5, 0.6) is 0 Å². The Balaban J connectivity index is 1.52. The first kappa shape index (κ1) is 15.8. The highest BCUT2D eigenvalue weighted by molar-refractivity contribution is 5.78. The third kappa shape index (κ3) is 3.83. The summed E-state index contributed by atoms with van der Waals surface area (Å²) in [4.78, 5) is 18.8. The molecule has 5 heteroatoms. The highest BCUT2D eigenvalue weighted by Crippen LogP contribution is 2.21. The lowest BCUT2D eigenvalue weighted by Crippen LogP contribution is -2.50. The summed E-state index contributed by atoms with van der Waals surface area (Å²) in [6, 6.07) is 10.0. The summed E-state index contributed by atoms with van der Waals surface area (Å²) in [5.41, 5.74) is 1.74. The van der Waals surface area contributed by atoms with E-state index in [2.05, 4.69) is 15.9 Å². The maximum absolute atomic E-state index is 12.3. The van der Waals surface area contributed by atoms with Crippen LogP contribution in [-0.2, 0) is 4.79 Å². The van der Waals surface area contributed by atoms with Gasteiger partial charge in [-0.3, -0.25) is 9.69 Å². The number of para-hydroxylation sites is 1. The smallest absolute Gasteiger partial charge is 0.236 e. The van der Waals surface area contributed by atoms with Crippen molar-refractivity contribution in [1.82, 2.24) is 9.80 Å². The van der Waals surface area contributed by atoms with Gasteiger partial charge in [0.25, 0.3) is 0 Å². The van der Waals surface area contributed by atoms with Crippen molar-refractivity contribution in [2.75, 3.05) is 50.7 Å². The molecule has 2 aliphatic rings. The van der Waals surface area contributed by atoms with E-state index in [0.29, 0.717) is 6.54 Å². The van der Waals surface area contributed by atoms with Crippen LogP contribution >= 0.6 is 0 Å². The SMILES string of the molecule is N#Cc1ccccc1N1CCN(CC(=O)N2CCCCC2)CC1. The standard InChI is InChI=1S/C18H24N4O/c19-14-16-6-2-3-7-17(16)21-12-10-20(11-13-21)15-18(23)22-8-4-1-5-9-22/h2-3,6-7H,1,4-5,8-13,15H2.